The van der Waals surface area contributed by atoms with E-state index in [-0.39, 0.29) is 16.9 Å². The lowest BCUT2D eigenvalue weighted by Gasteiger charge is -2.14. The van der Waals surface area contributed by atoms with Crippen LogP contribution in [-0.4, -0.2) is 47.4 Å². The van der Waals surface area contributed by atoms with Gasteiger partial charge in [-0.3, -0.25) is 24.5 Å². The van der Waals surface area contributed by atoms with Gasteiger partial charge in [0.05, 0.1) is 16.2 Å². The Balaban J connectivity index is 2.23. The molecule has 4 N–H and O–H groups in total. The molecule has 158 valence electrons. The standard InChI is InChI=1S/C17H15N3O9S/c21-15(22)9-14(17(24)25)19-30(28,29)13-6-2-4-11(8-13)18-16(23)10-3-1-5-12(7-10)20(26)27/h1-8,14,19H,9H2,(H,18,23)(H,21,22)(H,24,25)/t14-/m0/s1. The van der Waals surface area contributed by atoms with Gasteiger partial charge in [0.25, 0.3) is 11.6 Å². The van der Waals surface area contributed by atoms with Crippen LogP contribution >= 0.6 is 0 Å². The van der Waals surface area contributed by atoms with Crippen molar-refractivity contribution in [2.24, 2.45) is 0 Å². The number of rotatable bonds is 9. The van der Waals surface area contributed by atoms with Gasteiger partial charge in [-0.15, -0.1) is 0 Å². The molecule has 30 heavy (non-hydrogen) atoms. The lowest BCUT2D eigenvalue weighted by atomic mass is 10.2. The molecule has 0 saturated heterocycles. The smallest absolute Gasteiger partial charge is 0.322 e. The number of nitro benzene ring substituents is 1. The molecule has 2 aromatic carbocycles. The van der Waals surface area contributed by atoms with Gasteiger partial charge in [-0.2, -0.15) is 4.72 Å². The van der Waals surface area contributed by atoms with E-state index in [0.717, 1.165) is 18.2 Å². The molecule has 0 aliphatic heterocycles. The van der Waals surface area contributed by atoms with Gasteiger partial charge in [-0.1, -0.05) is 12.1 Å². The Labute approximate surface area is 169 Å². The van der Waals surface area contributed by atoms with Crippen LogP contribution in [0.2, 0.25) is 0 Å². The Morgan fingerprint density at radius 3 is 2.33 bits per heavy atom. The van der Waals surface area contributed by atoms with Crippen molar-refractivity contribution in [3.63, 3.8) is 0 Å². The minimum atomic E-state index is -4.43. The second kappa shape index (κ2) is 9.11. The monoisotopic (exact) mass is 437 g/mol. The number of amides is 1. The van der Waals surface area contributed by atoms with Gasteiger partial charge in [0.1, 0.15) is 6.04 Å². The van der Waals surface area contributed by atoms with E-state index in [1.807, 2.05) is 0 Å². The summed E-state index contributed by atoms with van der Waals surface area (Å²) in [5, 5.41) is 30.9. The predicted molar refractivity (Wildman–Crippen MR) is 101 cm³/mol. The number of carboxylic acids is 2. The third-order valence-corrected chi connectivity index (χ3v) is 5.16. The number of benzene rings is 2. The van der Waals surface area contributed by atoms with E-state index in [0.29, 0.717) is 0 Å². The highest BCUT2D eigenvalue weighted by molar-refractivity contribution is 7.89. The van der Waals surface area contributed by atoms with E-state index in [9.17, 15) is 32.9 Å². The Morgan fingerprint density at radius 1 is 1.07 bits per heavy atom. The third kappa shape index (κ3) is 5.83. The zero-order chi connectivity index (χ0) is 22.5. The fourth-order valence-corrected chi connectivity index (χ4v) is 3.55. The number of carbonyl (C=O) groups is 3. The molecule has 0 spiro atoms. The third-order valence-electron chi connectivity index (χ3n) is 3.70. The quantitative estimate of drug-likeness (QED) is 0.328. The topological polar surface area (TPSA) is 193 Å². The van der Waals surface area contributed by atoms with E-state index >= 15 is 0 Å². The fraction of sp³-hybridized carbons (Fsp3) is 0.118. The Hall–Kier alpha value is -3.84. The molecule has 1 atom stereocenters. The molecule has 0 radical (unpaired) electrons. The number of hydrogen-bond donors (Lipinski definition) is 4. The SMILES string of the molecule is O=C(O)C[C@H](NS(=O)(=O)c1cccc(NC(=O)c2cccc([N+](=O)[O-])c2)c1)C(=O)O. The largest absolute Gasteiger partial charge is 0.481 e. The number of anilines is 1. The molecule has 2 aromatic rings. The first-order valence-electron chi connectivity index (χ1n) is 8.12. The zero-order valence-electron chi connectivity index (χ0n) is 15.0. The molecule has 0 unspecified atom stereocenters. The molecule has 0 fully saturated rings. The molecule has 1 amide bonds. The Morgan fingerprint density at radius 2 is 1.73 bits per heavy atom. The van der Waals surface area contributed by atoms with Crippen molar-refractivity contribution in [1.29, 1.82) is 0 Å². The van der Waals surface area contributed by atoms with Gasteiger partial charge < -0.3 is 15.5 Å². The van der Waals surface area contributed by atoms with E-state index < -0.39 is 50.2 Å². The summed E-state index contributed by atoms with van der Waals surface area (Å²) in [6.07, 6.45) is -0.974. The summed E-state index contributed by atoms with van der Waals surface area (Å²) >= 11 is 0. The van der Waals surface area contributed by atoms with Crippen molar-refractivity contribution in [3.05, 3.63) is 64.2 Å². The summed E-state index contributed by atoms with van der Waals surface area (Å²) in [6.45, 7) is 0. The summed E-state index contributed by atoms with van der Waals surface area (Å²) in [7, 11) is -4.43. The number of non-ortho nitro benzene ring substituents is 1. The van der Waals surface area contributed by atoms with Crippen LogP contribution in [0.3, 0.4) is 0 Å². The van der Waals surface area contributed by atoms with Crippen LogP contribution in [-0.2, 0) is 19.6 Å². The molecule has 0 aliphatic carbocycles. The Kier molecular flexibility index (Phi) is 6.81. The van der Waals surface area contributed by atoms with Gasteiger partial charge in [-0.05, 0) is 24.3 Å². The van der Waals surface area contributed by atoms with Crippen LogP contribution in [0.4, 0.5) is 11.4 Å². The van der Waals surface area contributed by atoms with Crippen LogP contribution in [0, 0.1) is 10.1 Å². The average Bonchev–Trinajstić information content (AvgIpc) is 2.67. The van der Waals surface area contributed by atoms with Crippen LogP contribution in [0.5, 0.6) is 0 Å². The van der Waals surface area contributed by atoms with Crippen molar-refractivity contribution < 1.29 is 37.9 Å². The van der Waals surface area contributed by atoms with Crippen LogP contribution in [0.25, 0.3) is 0 Å². The highest BCUT2D eigenvalue weighted by Gasteiger charge is 2.27. The maximum atomic E-state index is 12.4. The zero-order valence-corrected chi connectivity index (χ0v) is 15.8. The normalized spacial score (nSPS) is 12.0. The van der Waals surface area contributed by atoms with E-state index in [2.05, 4.69) is 5.32 Å². The number of aliphatic carboxylic acids is 2. The lowest BCUT2D eigenvalue weighted by Crippen LogP contribution is -2.42. The summed E-state index contributed by atoms with van der Waals surface area (Å²) in [5.41, 5.74) is -0.330. The number of nitrogens with one attached hydrogen (secondary N) is 2. The second-order valence-electron chi connectivity index (χ2n) is 5.90. The maximum absolute atomic E-state index is 12.4. The molecule has 0 bridgehead atoms. The molecule has 0 heterocycles. The maximum Gasteiger partial charge on any atom is 0.322 e. The molecule has 12 nitrogen and oxygen atoms in total. The minimum absolute atomic E-state index is 0.0134. The molecule has 0 saturated carbocycles. The van der Waals surface area contributed by atoms with Gasteiger partial charge >= 0.3 is 11.9 Å². The summed E-state index contributed by atoms with van der Waals surface area (Å²) in [6, 6.07) is 7.75. The first kappa shape index (κ1) is 22.4. The summed E-state index contributed by atoms with van der Waals surface area (Å²) in [4.78, 5) is 43.8. The second-order valence-corrected chi connectivity index (χ2v) is 7.61. The van der Waals surface area contributed by atoms with Crippen molar-refractivity contribution >= 4 is 39.2 Å². The Bertz CT molecular complexity index is 1110. The van der Waals surface area contributed by atoms with E-state index in [1.165, 1.54) is 30.3 Å². The van der Waals surface area contributed by atoms with E-state index in [4.69, 9.17) is 10.2 Å². The van der Waals surface area contributed by atoms with Crippen LogP contribution in [0.1, 0.15) is 16.8 Å². The average molecular weight is 437 g/mol. The number of nitro groups is 1. The minimum Gasteiger partial charge on any atom is -0.481 e. The van der Waals surface area contributed by atoms with Crippen molar-refractivity contribution in [1.82, 2.24) is 4.72 Å². The number of carboxylic acid groups (broad SMARTS) is 2. The van der Waals surface area contributed by atoms with Crippen LogP contribution in [0.15, 0.2) is 53.4 Å². The van der Waals surface area contributed by atoms with Crippen molar-refractivity contribution in [2.45, 2.75) is 17.4 Å². The highest BCUT2D eigenvalue weighted by Crippen LogP contribution is 2.19. The summed E-state index contributed by atoms with van der Waals surface area (Å²) < 4.78 is 26.6. The molecule has 2 rings (SSSR count). The first-order chi connectivity index (χ1) is 14.0. The predicted octanol–water partition coefficient (Wildman–Crippen LogP) is 1.05. The fourth-order valence-electron chi connectivity index (χ4n) is 2.31. The number of hydrogen-bond acceptors (Lipinski definition) is 7. The van der Waals surface area contributed by atoms with Gasteiger partial charge in [0.2, 0.25) is 10.0 Å². The molecular formula is C17H15N3O9S. The molecule has 0 aromatic heterocycles. The number of sulfonamides is 1. The van der Waals surface area contributed by atoms with Crippen LogP contribution < -0.4 is 10.0 Å². The van der Waals surface area contributed by atoms with Crippen molar-refractivity contribution in [2.75, 3.05) is 5.32 Å². The number of nitrogens with zero attached hydrogens (tertiary/aromatic N) is 1. The molecule has 0 aliphatic rings. The molecule has 13 heteroatoms. The lowest BCUT2D eigenvalue weighted by molar-refractivity contribution is -0.384. The van der Waals surface area contributed by atoms with Gasteiger partial charge in [0, 0.05) is 23.4 Å². The first-order valence-corrected chi connectivity index (χ1v) is 9.60. The van der Waals surface area contributed by atoms with Gasteiger partial charge in [-0.25, -0.2) is 8.42 Å². The van der Waals surface area contributed by atoms with Crippen molar-refractivity contribution in [3.8, 4) is 0 Å². The van der Waals surface area contributed by atoms with E-state index in [1.54, 1.807) is 4.72 Å². The summed E-state index contributed by atoms with van der Waals surface area (Å²) in [5.74, 6) is -3.92. The molecular weight excluding hydrogens is 422 g/mol. The highest BCUT2D eigenvalue weighted by atomic mass is 32.2. The number of carbonyl (C=O) groups excluding carboxylic acids is 1. The van der Waals surface area contributed by atoms with Gasteiger partial charge in [0.15, 0.2) is 0 Å².